The minimum absolute atomic E-state index is 0.170. The zero-order valence-electron chi connectivity index (χ0n) is 22.0. The molecule has 37 heavy (non-hydrogen) atoms. The normalized spacial score (nSPS) is 15.7. The lowest BCUT2D eigenvalue weighted by molar-refractivity contribution is -0.122. The molecule has 8 heteroatoms. The number of amides is 1. The number of rotatable bonds is 9. The topological polar surface area (TPSA) is 63.9 Å². The van der Waals surface area contributed by atoms with E-state index in [0.717, 1.165) is 42.4 Å². The Morgan fingerprint density at radius 3 is 2.62 bits per heavy atom. The van der Waals surface area contributed by atoms with Crippen LogP contribution in [-0.4, -0.2) is 31.1 Å². The number of aromatic nitrogens is 2. The first kappa shape index (κ1) is 27.1. The summed E-state index contributed by atoms with van der Waals surface area (Å²) in [5.74, 6) is 1.00. The van der Waals surface area contributed by atoms with Crippen molar-refractivity contribution in [3.8, 4) is 11.6 Å². The quantitative estimate of drug-likeness (QED) is 0.221. The highest BCUT2D eigenvalue weighted by molar-refractivity contribution is 8.26. The van der Waals surface area contributed by atoms with Crippen LogP contribution in [0.2, 0.25) is 0 Å². The third kappa shape index (κ3) is 5.80. The van der Waals surface area contributed by atoms with E-state index in [1.54, 1.807) is 23.2 Å². The Labute approximate surface area is 227 Å². The Morgan fingerprint density at radius 1 is 1.14 bits per heavy atom. The van der Waals surface area contributed by atoms with Gasteiger partial charge in [0.15, 0.2) is 0 Å². The van der Waals surface area contributed by atoms with E-state index < -0.39 is 0 Å². The summed E-state index contributed by atoms with van der Waals surface area (Å²) in [5.41, 5.74) is 3.33. The van der Waals surface area contributed by atoms with Crippen LogP contribution in [-0.2, 0) is 4.79 Å². The van der Waals surface area contributed by atoms with Crippen molar-refractivity contribution in [1.82, 2.24) is 14.3 Å². The molecule has 0 N–H and O–H groups in total. The molecule has 0 bridgehead atoms. The Hall–Kier alpha value is -2.97. The number of carbonyl (C=O) groups excluding carboxylic acids is 1. The predicted molar refractivity (Wildman–Crippen MR) is 155 cm³/mol. The Morgan fingerprint density at radius 2 is 1.92 bits per heavy atom. The van der Waals surface area contributed by atoms with Crippen LogP contribution >= 0.6 is 24.0 Å². The van der Waals surface area contributed by atoms with Crippen molar-refractivity contribution < 1.29 is 9.53 Å². The lowest BCUT2D eigenvalue weighted by Crippen LogP contribution is -2.33. The lowest BCUT2D eigenvalue weighted by Gasteiger charge is -2.21. The molecular weight excluding hydrogens is 502 g/mol. The van der Waals surface area contributed by atoms with Crippen LogP contribution in [0.4, 0.5) is 0 Å². The van der Waals surface area contributed by atoms with E-state index in [1.165, 1.54) is 16.2 Å². The molecule has 1 aliphatic rings. The van der Waals surface area contributed by atoms with Crippen LogP contribution in [0, 0.1) is 26.7 Å². The molecule has 194 valence electrons. The van der Waals surface area contributed by atoms with E-state index in [-0.39, 0.29) is 22.9 Å². The number of benzene rings is 1. The average Bonchev–Trinajstić information content (AvgIpc) is 3.13. The van der Waals surface area contributed by atoms with Crippen LogP contribution in [0.15, 0.2) is 46.2 Å². The second-order valence-corrected chi connectivity index (χ2v) is 11.3. The molecule has 2 aromatic heterocycles. The maximum atomic E-state index is 13.7. The number of pyridine rings is 1. The van der Waals surface area contributed by atoms with E-state index >= 15 is 0 Å². The summed E-state index contributed by atoms with van der Waals surface area (Å²) in [6.45, 7) is 10.8. The van der Waals surface area contributed by atoms with Crippen molar-refractivity contribution >= 4 is 45.9 Å². The zero-order valence-corrected chi connectivity index (χ0v) is 23.7. The molecule has 1 amide bonds. The third-order valence-corrected chi connectivity index (χ3v) is 8.10. The molecule has 0 spiro atoms. The van der Waals surface area contributed by atoms with Gasteiger partial charge in [0.1, 0.15) is 21.3 Å². The van der Waals surface area contributed by atoms with E-state index in [9.17, 15) is 9.59 Å². The summed E-state index contributed by atoms with van der Waals surface area (Å²) < 4.78 is 8.24. The summed E-state index contributed by atoms with van der Waals surface area (Å²) in [5, 5.41) is 0. The van der Waals surface area contributed by atoms with Gasteiger partial charge in [-0.15, -0.1) is 0 Å². The molecule has 6 nitrogen and oxygen atoms in total. The van der Waals surface area contributed by atoms with Gasteiger partial charge in [-0.1, -0.05) is 80.9 Å². The largest absolute Gasteiger partial charge is 0.438 e. The number of carbonyl (C=O) groups is 1. The number of thioether (sulfide) groups is 1. The average molecular weight is 536 g/mol. The van der Waals surface area contributed by atoms with Gasteiger partial charge < -0.3 is 4.74 Å². The van der Waals surface area contributed by atoms with Crippen LogP contribution in [0.5, 0.6) is 11.6 Å². The number of nitrogens with zero attached hydrogens (tertiary/aromatic N) is 3. The van der Waals surface area contributed by atoms with Crippen LogP contribution < -0.4 is 10.3 Å². The van der Waals surface area contributed by atoms with Gasteiger partial charge in [-0.3, -0.25) is 18.9 Å². The standard InChI is InChI=1S/C29H33N3O3S2/c1-6-8-11-21(7-2)17-32-28(34)24(37-29(32)36)16-22-26(35-23-13-12-18(3)15-20(23)5)30-25-19(4)10-9-14-31(25)27(22)33/h9-10,12-16,21H,6-8,11,17H2,1-5H3/b24-16+. The number of hydrogen-bond donors (Lipinski definition) is 0. The summed E-state index contributed by atoms with van der Waals surface area (Å²) in [4.78, 5) is 33.9. The van der Waals surface area contributed by atoms with Crippen molar-refractivity contribution in [2.24, 2.45) is 5.92 Å². The molecule has 1 saturated heterocycles. The van der Waals surface area contributed by atoms with Crippen LogP contribution in [0.25, 0.3) is 11.7 Å². The van der Waals surface area contributed by atoms with Crippen molar-refractivity contribution in [2.45, 2.75) is 60.3 Å². The zero-order chi connectivity index (χ0) is 26.7. The Kier molecular flexibility index (Phi) is 8.49. The van der Waals surface area contributed by atoms with Gasteiger partial charge in [-0.2, -0.15) is 4.98 Å². The van der Waals surface area contributed by atoms with Gasteiger partial charge in [0, 0.05) is 12.7 Å². The lowest BCUT2D eigenvalue weighted by atomic mass is 9.99. The van der Waals surface area contributed by atoms with Crippen LogP contribution in [0.3, 0.4) is 0 Å². The second kappa shape index (κ2) is 11.6. The predicted octanol–water partition coefficient (Wildman–Crippen LogP) is 6.83. The highest BCUT2D eigenvalue weighted by atomic mass is 32.2. The van der Waals surface area contributed by atoms with Gasteiger partial charge >= 0.3 is 0 Å². The summed E-state index contributed by atoms with van der Waals surface area (Å²) >= 11 is 6.81. The monoisotopic (exact) mass is 535 g/mol. The first-order valence-electron chi connectivity index (χ1n) is 12.8. The van der Waals surface area contributed by atoms with Gasteiger partial charge in [0.2, 0.25) is 5.88 Å². The Bertz CT molecular complexity index is 1440. The summed E-state index contributed by atoms with van der Waals surface area (Å²) in [7, 11) is 0. The summed E-state index contributed by atoms with van der Waals surface area (Å²) in [6, 6.07) is 9.55. The highest BCUT2D eigenvalue weighted by Gasteiger charge is 2.34. The molecule has 0 radical (unpaired) electrons. The minimum Gasteiger partial charge on any atom is -0.438 e. The highest BCUT2D eigenvalue weighted by Crippen LogP contribution is 2.35. The summed E-state index contributed by atoms with van der Waals surface area (Å²) in [6.07, 6.45) is 7.57. The molecular formula is C29H33N3O3S2. The van der Waals surface area contributed by atoms with E-state index in [0.29, 0.717) is 33.1 Å². The maximum absolute atomic E-state index is 13.7. The fourth-order valence-electron chi connectivity index (χ4n) is 4.48. The van der Waals surface area contributed by atoms with Crippen molar-refractivity contribution in [1.29, 1.82) is 0 Å². The fourth-order valence-corrected chi connectivity index (χ4v) is 5.73. The molecule has 3 heterocycles. The smallest absolute Gasteiger partial charge is 0.269 e. The SMILES string of the molecule is CCCCC(CC)CN1C(=O)/C(=C\c2c(Oc3ccc(C)cc3C)nc3c(C)cccn3c2=O)SC1=S. The van der Waals surface area contributed by atoms with Crippen molar-refractivity contribution in [3.05, 3.63) is 74.0 Å². The number of fused-ring (bicyclic) bond motifs is 1. The molecule has 0 saturated carbocycles. The third-order valence-electron chi connectivity index (χ3n) is 6.72. The molecule has 3 aromatic rings. The molecule has 1 aliphatic heterocycles. The molecule has 1 atom stereocenters. The number of unbranched alkanes of at least 4 members (excludes halogenated alkanes) is 1. The molecule has 0 aliphatic carbocycles. The van der Waals surface area contributed by atoms with Gasteiger partial charge in [-0.25, -0.2) is 0 Å². The van der Waals surface area contributed by atoms with Gasteiger partial charge in [0.05, 0.1) is 4.91 Å². The molecule has 1 unspecified atom stereocenters. The Balaban J connectivity index is 1.77. The maximum Gasteiger partial charge on any atom is 0.269 e. The van der Waals surface area contributed by atoms with Gasteiger partial charge in [-0.05, 0) is 62.4 Å². The number of hydrogen-bond acceptors (Lipinski definition) is 6. The fraction of sp³-hybridized carbons (Fsp3) is 0.379. The molecule has 1 aromatic carbocycles. The van der Waals surface area contributed by atoms with Crippen molar-refractivity contribution in [3.63, 3.8) is 0 Å². The van der Waals surface area contributed by atoms with Crippen molar-refractivity contribution in [2.75, 3.05) is 6.54 Å². The molecule has 4 rings (SSSR count). The first-order valence-corrected chi connectivity index (χ1v) is 14.0. The number of thiocarbonyl (C=S) groups is 1. The van der Waals surface area contributed by atoms with E-state index in [2.05, 4.69) is 13.8 Å². The minimum atomic E-state index is -0.298. The molecule has 1 fully saturated rings. The van der Waals surface area contributed by atoms with Gasteiger partial charge in [0.25, 0.3) is 11.5 Å². The number of ether oxygens (including phenoxy) is 1. The number of aryl methyl sites for hydroxylation is 3. The van der Waals surface area contributed by atoms with E-state index in [4.69, 9.17) is 21.9 Å². The van der Waals surface area contributed by atoms with E-state index in [1.807, 2.05) is 45.0 Å². The second-order valence-electron chi connectivity index (χ2n) is 9.60. The van der Waals surface area contributed by atoms with Crippen LogP contribution in [0.1, 0.15) is 61.8 Å². The first-order chi connectivity index (χ1) is 17.7.